The summed E-state index contributed by atoms with van der Waals surface area (Å²) in [6.45, 7) is 5.09. The topological polar surface area (TPSA) is 17.0 Å². The van der Waals surface area contributed by atoms with Crippen molar-refractivity contribution in [1.29, 1.82) is 0 Å². The molecule has 0 spiro atoms. The fourth-order valence-corrected chi connectivity index (χ4v) is 2.35. The molecule has 0 atom stereocenters. The quantitative estimate of drug-likeness (QED) is 0.566. The molecule has 0 aliphatic heterocycles. The minimum Gasteiger partial charge on any atom is -0.402 e. The molecule has 0 saturated heterocycles. The van der Waals surface area contributed by atoms with Gasteiger partial charge in [0.1, 0.15) is 6.54 Å². The molecule has 2 aromatic carbocycles. The fraction of sp³-hybridized carbons (Fsp3) is 0.214. The standard InChI is InChI=1S/C14H14NO/c1-3-15-10(2)16-13-9-8-11-6-4-5-7-12(11)14(13)15/h4-9H,3H2,1-2H3/q+1. The molecule has 0 bridgehead atoms. The lowest BCUT2D eigenvalue weighted by Crippen LogP contribution is -2.33. The van der Waals surface area contributed by atoms with Gasteiger partial charge in [-0.1, -0.05) is 24.3 Å². The first-order valence-corrected chi connectivity index (χ1v) is 5.62. The Morgan fingerprint density at radius 3 is 2.75 bits per heavy atom. The van der Waals surface area contributed by atoms with Gasteiger partial charge in [0.15, 0.2) is 0 Å². The van der Waals surface area contributed by atoms with Crippen LogP contribution in [0.25, 0.3) is 21.9 Å². The lowest BCUT2D eigenvalue weighted by molar-refractivity contribution is -0.678. The SMILES string of the molecule is CC[n+]1c(C)oc2ccc3ccccc3c21. The number of rotatable bonds is 1. The van der Waals surface area contributed by atoms with Crippen LogP contribution >= 0.6 is 0 Å². The maximum Gasteiger partial charge on any atom is 0.344 e. The Labute approximate surface area is 94.1 Å². The van der Waals surface area contributed by atoms with E-state index in [1.165, 1.54) is 16.3 Å². The molecule has 3 rings (SSSR count). The second-order valence-electron chi connectivity index (χ2n) is 4.00. The van der Waals surface area contributed by atoms with Gasteiger partial charge in [-0.2, -0.15) is 4.57 Å². The average Bonchev–Trinajstić information content (AvgIpc) is 2.65. The summed E-state index contributed by atoms with van der Waals surface area (Å²) in [5.41, 5.74) is 2.18. The molecule has 0 aliphatic rings. The van der Waals surface area contributed by atoms with Crippen molar-refractivity contribution in [2.45, 2.75) is 20.4 Å². The van der Waals surface area contributed by atoms with E-state index in [0.717, 1.165) is 18.0 Å². The number of aromatic nitrogens is 1. The Kier molecular flexibility index (Phi) is 1.96. The first-order valence-electron chi connectivity index (χ1n) is 5.62. The van der Waals surface area contributed by atoms with Crippen LogP contribution in [0, 0.1) is 6.92 Å². The first-order chi connectivity index (χ1) is 7.81. The molecule has 0 unspecified atom stereocenters. The van der Waals surface area contributed by atoms with Crippen LogP contribution in [-0.2, 0) is 6.54 Å². The summed E-state index contributed by atoms with van der Waals surface area (Å²) < 4.78 is 7.98. The van der Waals surface area contributed by atoms with E-state index in [1.54, 1.807) is 0 Å². The number of benzene rings is 2. The van der Waals surface area contributed by atoms with Crippen LogP contribution in [0.5, 0.6) is 0 Å². The highest BCUT2D eigenvalue weighted by Crippen LogP contribution is 2.24. The zero-order chi connectivity index (χ0) is 11.1. The largest absolute Gasteiger partial charge is 0.402 e. The molecule has 0 fully saturated rings. The summed E-state index contributed by atoms with van der Waals surface area (Å²) in [5, 5.41) is 2.52. The third kappa shape index (κ3) is 1.16. The second-order valence-corrected chi connectivity index (χ2v) is 4.00. The van der Waals surface area contributed by atoms with E-state index < -0.39 is 0 Å². The predicted octanol–water partition coefficient (Wildman–Crippen LogP) is 3.20. The number of aryl methyl sites for hydroxylation is 2. The molecular weight excluding hydrogens is 198 g/mol. The van der Waals surface area contributed by atoms with Crippen molar-refractivity contribution in [3.05, 3.63) is 42.3 Å². The van der Waals surface area contributed by atoms with Crippen molar-refractivity contribution in [3.63, 3.8) is 0 Å². The van der Waals surface area contributed by atoms with Gasteiger partial charge in [-0.3, -0.25) is 0 Å². The lowest BCUT2D eigenvalue weighted by Gasteiger charge is -1.95. The van der Waals surface area contributed by atoms with E-state index in [0.29, 0.717) is 0 Å². The first kappa shape index (κ1) is 9.40. The molecule has 2 nitrogen and oxygen atoms in total. The number of oxazole rings is 1. The van der Waals surface area contributed by atoms with Crippen molar-refractivity contribution < 1.29 is 8.98 Å². The monoisotopic (exact) mass is 212 g/mol. The van der Waals surface area contributed by atoms with Crippen molar-refractivity contribution in [2.24, 2.45) is 0 Å². The van der Waals surface area contributed by atoms with Gasteiger partial charge in [0.25, 0.3) is 5.52 Å². The van der Waals surface area contributed by atoms with Crippen molar-refractivity contribution in [2.75, 3.05) is 0 Å². The lowest BCUT2D eigenvalue weighted by atomic mass is 10.1. The summed E-state index contributed by atoms with van der Waals surface area (Å²) in [4.78, 5) is 0. The van der Waals surface area contributed by atoms with Crippen molar-refractivity contribution in [1.82, 2.24) is 0 Å². The van der Waals surface area contributed by atoms with Crippen LogP contribution in [0.15, 0.2) is 40.8 Å². The van der Waals surface area contributed by atoms with Gasteiger partial charge >= 0.3 is 5.89 Å². The van der Waals surface area contributed by atoms with Crippen LogP contribution in [0.3, 0.4) is 0 Å². The Balaban J connectivity index is 2.57. The minimum atomic E-state index is 0.937. The summed E-state index contributed by atoms with van der Waals surface area (Å²) in [6.07, 6.45) is 0. The molecule has 0 N–H and O–H groups in total. The third-order valence-corrected chi connectivity index (χ3v) is 3.09. The molecule has 1 aromatic heterocycles. The maximum absolute atomic E-state index is 5.76. The molecule has 1 heterocycles. The Morgan fingerprint density at radius 1 is 1.12 bits per heavy atom. The van der Waals surface area contributed by atoms with Gasteiger partial charge in [0.2, 0.25) is 5.58 Å². The summed E-state index contributed by atoms with van der Waals surface area (Å²) in [5.74, 6) is 0.967. The molecule has 16 heavy (non-hydrogen) atoms. The highest BCUT2D eigenvalue weighted by molar-refractivity contribution is 6.01. The van der Waals surface area contributed by atoms with E-state index in [2.05, 4.69) is 47.9 Å². The van der Waals surface area contributed by atoms with E-state index in [-0.39, 0.29) is 0 Å². The summed E-state index contributed by atoms with van der Waals surface area (Å²) >= 11 is 0. The number of fused-ring (bicyclic) bond motifs is 3. The second kappa shape index (κ2) is 3.34. The van der Waals surface area contributed by atoms with Crippen molar-refractivity contribution in [3.8, 4) is 0 Å². The normalized spacial score (nSPS) is 11.4. The van der Waals surface area contributed by atoms with Gasteiger partial charge in [0.05, 0.1) is 12.3 Å². The fourth-order valence-electron chi connectivity index (χ4n) is 2.35. The highest BCUT2D eigenvalue weighted by atomic mass is 16.3. The van der Waals surface area contributed by atoms with Crippen LogP contribution in [0.1, 0.15) is 12.8 Å². The van der Waals surface area contributed by atoms with E-state index in [4.69, 9.17) is 4.42 Å². The third-order valence-electron chi connectivity index (χ3n) is 3.09. The molecule has 0 amide bonds. The van der Waals surface area contributed by atoms with Gasteiger partial charge in [0, 0.05) is 0 Å². The molecule has 2 heteroatoms. The Hall–Kier alpha value is -1.83. The maximum atomic E-state index is 5.76. The zero-order valence-electron chi connectivity index (χ0n) is 9.53. The Morgan fingerprint density at radius 2 is 1.94 bits per heavy atom. The molecular formula is C14H14NO+. The number of hydrogen-bond donors (Lipinski definition) is 0. The van der Waals surface area contributed by atoms with Gasteiger partial charge in [-0.15, -0.1) is 0 Å². The van der Waals surface area contributed by atoms with Crippen LogP contribution in [-0.4, -0.2) is 0 Å². The molecule has 0 radical (unpaired) electrons. The van der Waals surface area contributed by atoms with Crippen LogP contribution in [0.4, 0.5) is 0 Å². The highest BCUT2D eigenvalue weighted by Gasteiger charge is 2.19. The minimum absolute atomic E-state index is 0.937. The molecule has 0 saturated carbocycles. The van der Waals surface area contributed by atoms with Crippen LogP contribution < -0.4 is 4.57 Å². The van der Waals surface area contributed by atoms with Crippen LogP contribution in [0.2, 0.25) is 0 Å². The van der Waals surface area contributed by atoms with E-state index in [1.807, 2.05) is 6.92 Å². The molecule has 3 aromatic rings. The number of nitrogens with zero attached hydrogens (tertiary/aromatic N) is 1. The van der Waals surface area contributed by atoms with Gasteiger partial charge in [-0.05, 0) is 24.4 Å². The predicted molar refractivity (Wildman–Crippen MR) is 64.3 cm³/mol. The van der Waals surface area contributed by atoms with Gasteiger partial charge < -0.3 is 4.42 Å². The van der Waals surface area contributed by atoms with Crippen molar-refractivity contribution >= 4 is 21.9 Å². The molecule has 0 aliphatic carbocycles. The molecule has 80 valence electrons. The summed E-state index contributed by atoms with van der Waals surface area (Å²) in [6, 6.07) is 12.6. The Bertz CT molecular complexity index is 667. The smallest absolute Gasteiger partial charge is 0.344 e. The van der Waals surface area contributed by atoms with E-state index in [9.17, 15) is 0 Å². The number of hydrogen-bond acceptors (Lipinski definition) is 1. The zero-order valence-corrected chi connectivity index (χ0v) is 9.53. The van der Waals surface area contributed by atoms with E-state index >= 15 is 0 Å². The summed E-state index contributed by atoms with van der Waals surface area (Å²) in [7, 11) is 0. The average molecular weight is 212 g/mol. The van der Waals surface area contributed by atoms with Gasteiger partial charge in [-0.25, -0.2) is 0 Å².